The molecule has 0 aromatic carbocycles. The first-order valence-electron chi connectivity index (χ1n) is 8.56. The van der Waals surface area contributed by atoms with Crippen LogP contribution < -0.4 is 5.32 Å². The van der Waals surface area contributed by atoms with Crippen LogP contribution in [-0.4, -0.2) is 64.3 Å². The van der Waals surface area contributed by atoms with Gasteiger partial charge in [-0.3, -0.25) is 9.48 Å². The van der Waals surface area contributed by atoms with Crippen LogP contribution in [0.3, 0.4) is 0 Å². The van der Waals surface area contributed by atoms with Crippen LogP contribution in [0.4, 0.5) is 0 Å². The number of likely N-dealkylation sites (tertiary alicyclic amines) is 1. The summed E-state index contributed by atoms with van der Waals surface area (Å²) < 4.78 is 1.93. The van der Waals surface area contributed by atoms with Gasteiger partial charge in [0.25, 0.3) is 5.91 Å². The van der Waals surface area contributed by atoms with Crippen molar-refractivity contribution < 1.29 is 4.79 Å². The molecular formula is C16H24ClN5O. The second-order valence-electron chi connectivity index (χ2n) is 7.21. The normalized spacial score (nSPS) is 28.3. The Morgan fingerprint density at radius 1 is 1.26 bits per heavy atom. The fourth-order valence-electron chi connectivity index (χ4n) is 4.19. The van der Waals surface area contributed by atoms with E-state index in [9.17, 15) is 4.79 Å². The predicted molar refractivity (Wildman–Crippen MR) is 88.7 cm³/mol. The number of hydrogen-bond donors (Lipinski definition) is 1. The van der Waals surface area contributed by atoms with E-state index in [4.69, 9.17) is 11.6 Å². The number of nitrogens with one attached hydrogen (secondary N) is 1. The third kappa shape index (κ3) is 2.66. The maximum absolute atomic E-state index is 12.9. The lowest BCUT2D eigenvalue weighted by atomic mass is 9.97. The Balaban J connectivity index is 1.56. The van der Waals surface area contributed by atoms with Crippen LogP contribution in [0, 0.1) is 0 Å². The quantitative estimate of drug-likeness (QED) is 0.840. The highest BCUT2D eigenvalue weighted by atomic mass is 35.5. The lowest BCUT2D eigenvalue weighted by molar-refractivity contribution is 0.0775. The number of rotatable bonds is 1. The second-order valence-corrected chi connectivity index (χ2v) is 7.59. The fraction of sp³-hybridized carbons (Fsp3) is 0.750. The van der Waals surface area contributed by atoms with Crippen molar-refractivity contribution in [1.82, 2.24) is 24.9 Å². The summed E-state index contributed by atoms with van der Waals surface area (Å²) in [5.41, 5.74) is 1.55. The maximum atomic E-state index is 12.9. The molecule has 3 aliphatic rings. The lowest BCUT2D eigenvalue weighted by Gasteiger charge is -2.24. The first-order valence-corrected chi connectivity index (χ1v) is 8.94. The third-order valence-electron chi connectivity index (χ3n) is 5.50. The summed E-state index contributed by atoms with van der Waals surface area (Å²) in [5, 5.41) is 8.68. The first kappa shape index (κ1) is 15.4. The molecule has 6 nitrogen and oxygen atoms in total. The van der Waals surface area contributed by atoms with Gasteiger partial charge in [0.1, 0.15) is 0 Å². The molecule has 1 aromatic rings. The number of aryl methyl sites for hydroxylation is 1. The van der Waals surface area contributed by atoms with E-state index in [1.165, 1.54) is 6.42 Å². The molecule has 1 spiro atoms. The average molecular weight is 338 g/mol. The molecule has 0 bridgehead atoms. The summed E-state index contributed by atoms with van der Waals surface area (Å²) in [5.74, 6) is -0.0104. The molecule has 2 saturated heterocycles. The average Bonchev–Trinajstić information content (AvgIpc) is 3.21. The Morgan fingerprint density at radius 2 is 2.13 bits per heavy atom. The Hall–Kier alpha value is -1.11. The molecule has 1 N–H and O–H groups in total. The minimum Gasteiger partial charge on any atom is -0.335 e. The van der Waals surface area contributed by atoms with Gasteiger partial charge in [0.15, 0.2) is 5.69 Å². The molecular weight excluding hydrogens is 314 g/mol. The number of nitrogens with zero attached hydrogens (tertiary/aromatic N) is 4. The van der Waals surface area contributed by atoms with E-state index in [0.717, 1.165) is 64.2 Å². The standard InChI is InChI=1S/C16H24ClN5O/c1-20-7-3-8-22-12(10-20)13(17)14(19-22)15(23)21-9-5-16(11-21)4-2-6-18-16/h18H,2-11H2,1H3. The van der Waals surface area contributed by atoms with E-state index in [2.05, 4.69) is 22.4 Å². The number of fused-ring (bicyclic) bond motifs is 1. The van der Waals surface area contributed by atoms with E-state index in [1.54, 1.807) is 0 Å². The summed E-state index contributed by atoms with van der Waals surface area (Å²) in [4.78, 5) is 17.1. The summed E-state index contributed by atoms with van der Waals surface area (Å²) in [6.07, 6.45) is 4.43. The highest BCUT2D eigenvalue weighted by molar-refractivity contribution is 6.34. The number of halogens is 1. The number of amides is 1. The number of carbonyl (C=O) groups is 1. The van der Waals surface area contributed by atoms with Crippen molar-refractivity contribution in [3.63, 3.8) is 0 Å². The molecule has 3 aliphatic heterocycles. The Labute approximate surface area is 141 Å². The lowest BCUT2D eigenvalue weighted by Crippen LogP contribution is -2.43. The maximum Gasteiger partial charge on any atom is 0.275 e. The summed E-state index contributed by atoms with van der Waals surface area (Å²) in [7, 11) is 2.08. The number of carbonyl (C=O) groups excluding carboxylic acids is 1. The topological polar surface area (TPSA) is 53.4 Å². The molecule has 0 radical (unpaired) electrons. The highest BCUT2D eigenvalue weighted by Gasteiger charge is 2.42. The van der Waals surface area contributed by atoms with Crippen molar-refractivity contribution in [2.24, 2.45) is 0 Å². The fourth-order valence-corrected chi connectivity index (χ4v) is 4.46. The molecule has 4 rings (SSSR count). The van der Waals surface area contributed by atoms with Crippen molar-refractivity contribution in [3.8, 4) is 0 Å². The monoisotopic (exact) mass is 337 g/mol. The molecule has 1 unspecified atom stereocenters. The highest BCUT2D eigenvalue weighted by Crippen LogP contribution is 2.32. The van der Waals surface area contributed by atoms with Crippen molar-refractivity contribution >= 4 is 17.5 Å². The molecule has 0 aliphatic carbocycles. The van der Waals surface area contributed by atoms with Gasteiger partial charge in [0, 0.05) is 38.3 Å². The zero-order valence-corrected chi connectivity index (χ0v) is 14.4. The van der Waals surface area contributed by atoms with Crippen LogP contribution in [0.2, 0.25) is 5.02 Å². The van der Waals surface area contributed by atoms with Crippen LogP contribution >= 0.6 is 11.6 Å². The van der Waals surface area contributed by atoms with E-state index in [1.807, 2.05) is 9.58 Å². The van der Waals surface area contributed by atoms with Crippen molar-refractivity contribution in [1.29, 1.82) is 0 Å². The van der Waals surface area contributed by atoms with Crippen LogP contribution in [0.15, 0.2) is 0 Å². The minimum atomic E-state index is -0.0104. The molecule has 0 saturated carbocycles. The number of hydrogen-bond acceptors (Lipinski definition) is 4. The number of aromatic nitrogens is 2. The van der Waals surface area contributed by atoms with Crippen molar-refractivity contribution in [3.05, 3.63) is 16.4 Å². The SMILES string of the molecule is CN1CCCn2nc(C(=O)N3CCC4(CCCN4)C3)c(Cl)c2C1. The molecule has 126 valence electrons. The smallest absolute Gasteiger partial charge is 0.275 e. The minimum absolute atomic E-state index is 0.0104. The van der Waals surface area contributed by atoms with Crippen molar-refractivity contribution in [2.75, 3.05) is 33.2 Å². The molecule has 1 atom stereocenters. The summed E-state index contributed by atoms with van der Waals surface area (Å²) >= 11 is 6.53. The van der Waals surface area contributed by atoms with Crippen LogP contribution in [0.1, 0.15) is 41.9 Å². The van der Waals surface area contributed by atoms with Crippen LogP contribution in [0.5, 0.6) is 0 Å². The van der Waals surface area contributed by atoms with Gasteiger partial charge >= 0.3 is 0 Å². The largest absolute Gasteiger partial charge is 0.335 e. The zero-order valence-electron chi connectivity index (χ0n) is 13.6. The zero-order chi connectivity index (χ0) is 16.0. The van der Waals surface area contributed by atoms with Crippen molar-refractivity contribution in [2.45, 2.75) is 44.3 Å². The molecule has 23 heavy (non-hydrogen) atoms. The first-order chi connectivity index (χ1) is 11.1. The predicted octanol–water partition coefficient (Wildman–Crippen LogP) is 1.34. The molecule has 1 amide bonds. The van der Waals surface area contributed by atoms with Gasteiger partial charge in [-0.25, -0.2) is 0 Å². The van der Waals surface area contributed by atoms with Gasteiger partial charge in [-0.1, -0.05) is 11.6 Å². The third-order valence-corrected chi connectivity index (χ3v) is 5.90. The summed E-state index contributed by atoms with van der Waals surface area (Å²) in [6.45, 7) is 5.26. The molecule has 7 heteroatoms. The molecule has 2 fully saturated rings. The van der Waals surface area contributed by atoms with E-state index >= 15 is 0 Å². The van der Waals surface area contributed by atoms with Crippen LogP contribution in [-0.2, 0) is 13.1 Å². The second kappa shape index (κ2) is 5.76. The Bertz CT molecular complexity index is 622. The van der Waals surface area contributed by atoms with Gasteiger partial charge in [0.05, 0.1) is 10.7 Å². The van der Waals surface area contributed by atoms with Gasteiger partial charge < -0.3 is 15.1 Å². The Morgan fingerprint density at radius 3 is 2.91 bits per heavy atom. The van der Waals surface area contributed by atoms with E-state index in [0.29, 0.717) is 10.7 Å². The van der Waals surface area contributed by atoms with E-state index in [-0.39, 0.29) is 11.4 Å². The van der Waals surface area contributed by atoms with Gasteiger partial charge in [0.2, 0.25) is 0 Å². The molecule has 1 aromatic heterocycles. The van der Waals surface area contributed by atoms with Gasteiger partial charge in [-0.05, 0) is 39.3 Å². The van der Waals surface area contributed by atoms with E-state index < -0.39 is 0 Å². The summed E-state index contributed by atoms with van der Waals surface area (Å²) in [6, 6.07) is 0. The van der Waals surface area contributed by atoms with Crippen LogP contribution in [0.25, 0.3) is 0 Å². The Kier molecular flexibility index (Phi) is 3.86. The van der Waals surface area contributed by atoms with Gasteiger partial charge in [-0.2, -0.15) is 5.10 Å². The molecule has 4 heterocycles. The van der Waals surface area contributed by atoms with Gasteiger partial charge in [-0.15, -0.1) is 0 Å².